The van der Waals surface area contributed by atoms with Crippen molar-refractivity contribution in [2.24, 2.45) is 0 Å². The predicted molar refractivity (Wildman–Crippen MR) is 132 cm³/mol. The van der Waals surface area contributed by atoms with Gasteiger partial charge < -0.3 is 10.4 Å². The monoisotopic (exact) mass is 500 g/mol. The lowest BCUT2D eigenvalue weighted by atomic mass is 10.1. The summed E-state index contributed by atoms with van der Waals surface area (Å²) in [5, 5.41) is 14.6. The molecule has 0 aliphatic rings. The summed E-state index contributed by atoms with van der Waals surface area (Å²) in [7, 11) is 0. The van der Waals surface area contributed by atoms with Crippen LogP contribution in [0.15, 0.2) is 76.8 Å². The van der Waals surface area contributed by atoms with Gasteiger partial charge in [0.2, 0.25) is 22.1 Å². The maximum absolute atomic E-state index is 13.2. The van der Waals surface area contributed by atoms with E-state index in [9.17, 15) is 14.4 Å². The zero-order valence-corrected chi connectivity index (χ0v) is 19.9. The fraction of sp³-hybridized carbons (Fsp3) is 0.136. The summed E-state index contributed by atoms with van der Waals surface area (Å²) in [4.78, 5) is 40.7. The molecule has 11 heteroatoms. The van der Waals surface area contributed by atoms with Gasteiger partial charge in [-0.05, 0) is 29.5 Å². The lowest BCUT2D eigenvalue weighted by Crippen LogP contribution is -2.19. The van der Waals surface area contributed by atoms with Crippen LogP contribution < -0.4 is 10.6 Å². The van der Waals surface area contributed by atoms with Crippen LogP contribution in [-0.4, -0.2) is 38.0 Å². The number of carboxylic acid groups (broad SMARTS) is 1. The Hall–Kier alpha value is -3.15. The molecule has 1 aromatic heterocycles. The van der Waals surface area contributed by atoms with Crippen LogP contribution >= 0.6 is 35.1 Å². The SMILES string of the molecule is CCSc1nsc(NC(=O)C(Sc2cccc(NC(=O)/C=C/C(=O)O)c2)c2ccccc2)n1. The minimum Gasteiger partial charge on any atom is -0.478 e. The van der Waals surface area contributed by atoms with Gasteiger partial charge in [0.1, 0.15) is 5.25 Å². The Bertz CT molecular complexity index is 1150. The zero-order valence-electron chi connectivity index (χ0n) is 17.4. The van der Waals surface area contributed by atoms with Gasteiger partial charge in [0.05, 0.1) is 0 Å². The molecule has 1 atom stereocenters. The number of amides is 2. The van der Waals surface area contributed by atoms with Crippen LogP contribution in [-0.2, 0) is 14.4 Å². The van der Waals surface area contributed by atoms with Gasteiger partial charge in [-0.25, -0.2) is 4.79 Å². The molecule has 0 aliphatic carbocycles. The molecule has 0 saturated carbocycles. The van der Waals surface area contributed by atoms with E-state index in [0.29, 0.717) is 16.0 Å². The summed E-state index contributed by atoms with van der Waals surface area (Å²) in [5.74, 6) is -1.17. The molecule has 3 aromatic rings. The minimum atomic E-state index is -1.21. The lowest BCUT2D eigenvalue weighted by molar-refractivity contribution is -0.131. The maximum Gasteiger partial charge on any atom is 0.328 e. The Morgan fingerprint density at radius 2 is 1.88 bits per heavy atom. The number of thioether (sulfide) groups is 2. The summed E-state index contributed by atoms with van der Waals surface area (Å²) in [5.41, 5.74) is 1.30. The number of carbonyl (C=O) groups is 3. The highest BCUT2D eigenvalue weighted by molar-refractivity contribution is 8.00. The number of carbonyl (C=O) groups excluding carboxylic acids is 2. The van der Waals surface area contributed by atoms with E-state index in [0.717, 1.165) is 39.9 Å². The summed E-state index contributed by atoms with van der Waals surface area (Å²) < 4.78 is 4.23. The van der Waals surface area contributed by atoms with Gasteiger partial charge in [-0.1, -0.05) is 55.1 Å². The second-order valence-electron chi connectivity index (χ2n) is 6.40. The number of nitrogens with one attached hydrogen (secondary N) is 2. The van der Waals surface area contributed by atoms with Crippen molar-refractivity contribution in [3.8, 4) is 0 Å². The highest BCUT2D eigenvalue weighted by Gasteiger charge is 2.23. The van der Waals surface area contributed by atoms with Crippen LogP contribution in [0, 0.1) is 0 Å². The first-order valence-electron chi connectivity index (χ1n) is 9.75. The Balaban J connectivity index is 1.77. The lowest BCUT2D eigenvalue weighted by Gasteiger charge is -2.16. The number of rotatable bonds is 10. The molecule has 8 nitrogen and oxygen atoms in total. The van der Waals surface area contributed by atoms with Crippen LogP contribution in [0.4, 0.5) is 10.8 Å². The molecule has 0 saturated heterocycles. The molecule has 2 aromatic carbocycles. The van der Waals surface area contributed by atoms with Gasteiger partial charge >= 0.3 is 5.97 Å². The molecule has 0 bridgehead atoms. The molecule has 1 unspecified atom stereocenters. The van der Waals surface area contributed by atoms with Crippen LogP contribution in [0.25, 0.3) is 0 Å². The van der Waals surface area contributed by atoms with Gasteiger partial charge in [-0.3, -0.25) is 14.9 Å². The van der Waals surface area contributed by atoms with Crippen molar-refractivity contribution in [1.29, 1.82) is 0 Å². The molecule has 3 N–H and O–H groups in total. The fourth-order valence-electron chi connectivity index (χ4n) is 2.63. The molecule has 0 aliphatic heterocycles. The van der Waals surface area contributed by atoms with E-state index in [-0.39, 0.29) is 5.91 Å². The normalized spacial score (nSPS) is 11.8. The average molecular weight is 501 g/mol. The van der Waals surface area contributed by atoms with Gasteiger partial charge in [0.15, 0.2) is 0 Å². The van der Waals surface area contributed by atoms with Gasteiger partial charge in [0, 0.05) is 34.3 Å². The van der Waals surface area contributed by atoms with E-state index < -0.39 is 17.1 Å². The molecule has 0 fully saturated rings. The predicted octanol–water partition coefficient (Wildman–Crippen LogP) is 4.70. The molecule has 0 spiro atoms. The van der Waals surface area contributed by atoms with E-state index in [4.69, 9.17) is 5.11 Å². The third kappa shape index (κ3) is 7.74. The third-order valence-electron chi connectivity index (χ3n) is 3.98. The van der Waals surface area contributed by atoms with E-state index in [1.54, 1.807) is 18.2 Å². The second-order valence-corrected chi connectivity index (χ2v) is 9.56. The van der Waals surface area contributed by atoms with E-state index in [2.05, 4.69) is 20.0 Å². The number of hydrogen-bond acceptors (Lipinski definition) is 8. The third-order valence-corrected chi connectivity index (χ3v) is 6.71. The second kappa shape index (κ2) is 12.2. The Labute approximate surface area is 203 Å². The van der Waals surface area contributed by atoms with Crippen molar-refractivity contribution in [1.82, 2.24) is 9.36 Å². The number of aliphatic carboxylic acids is 1. The van der Waals surface area contributed by atoms with Crippen LogP contribution in [0.1, 0.15) is 17.7 Å². The van der Waals surface area contributed by atoms with E-state index >= 15 is 0 Å². The quantitative estimate of drug-likeness (QED) is 0.271. The molecule has 3 rings (SSSR count). The smallest absolute Gasteiger partial charge is 0.328 e. The zero-order chi connectivity index (χ0) is 23.6. The van der Waals surface area contributed by atoms with E-state index in [1.165, 1.54) is 23.5 Å². The van der Waals surface area contributed by atoms with Crippen LogP contribution in [0.3, 0.4) is 0 Å². The van der Waals surface area contributed by atoms with Gasteiger partial charge in [0.25, 0.3) is 0 Å². The Kier molecular flexibility index (Phi) is 9.04. The summed E-state index contributed by atoms with van der Waals surface area (Å²) in [6.45, 7) is 2.00. The number of nitrogens with zero attached hydrogens (tertiary/aromatic N) is 2. The van der Waals surface area contributed by atoms with Crippen LogP contribution in [0.2, 0.25) is 0 Å². The number of carboxylic acids is 1. The minimum absolute atomic E-state index is 0.241. The fourth-order valence-corrected chi connectivity index (χ4v) is 4.99. The van der Waals surface area contributed by atoms with Crippen molar-refractivity contribution in [2.45, 2.75) is 22.2 Å². The van der Waals surface area contributed by atoms with Gasteiger partial charge in [-0.2, -0.15) is 9.36 Å². The Morgan fingerprint density at radius 3 is 2.61 bits per heavy atom. The molecular formula is C22H20N4O4S3. The van der Waals surface area contributed by atoms with Gasteiger partial charge in [-0.15, -0.1) is 11.8 Å². The Morgan fingerprint density at radius 1 is 1.09 bits per heavy atom. The first-order chi connectivity index (χ1) is 15.9. The molecule has 170 valence electrons. The van der Waals surface area contributed by atoms with Crippen molar-refractivity contribution >= 4 is 63.7 Å². The topological polar surface area (TPSA) is 121 Å². The highest BCUT2D eigenvalue weighted by atomic mass is 32.2. The molecule has 1 heterocycles. The molecular weight excluding hydrogens is 480 g/mol. The van der Waals surface area contributed by atoms with Crippen LogP contribution in [0.5, 0.6) is 0 Å². The van der Waals surface area contributed by atoms with Crippen molar-refractivity contribution < 1.29 is 19.5 Å². The standard InChI is InChI=1S/C22H20N4O4S3/c1-2-31-22-25-21(33-26-22)24-20(30)19(14-7-4-3-5-8-14)32-16-10-6-9-15(13-16)23-17(27)11-12-18(28)29/h3-13,19H,2H2,1H3,(H,23,27)(H,28,29)(H,24,25,26,30)/b12-11+. The van der Waals surface area contributed by atoms with Crippen molar-refractivity contribution in [3.05, 3.63) is 72.3 Å². The number of hydrogen-bond donors (Lipinski definition) is 3. The average Bonchev–Trinajstić information content (AvgIpc) is 3.24. The number of benzene rings is 2. The highest BCUT2D eigenvalue weighted by Crippen LogP contribution is 2.37. The summed E-state index contributed by atoms with van der Waals surface area (Å²) in [6.07, 6.45) is 1.71. The largest absolute Gasteiger partial charge is 0.478 e. The molecule has 33 heavy (non-hydrogen) atoms. The van der Waals surface area contributed by atoms with Crippen molar-refractivity contribution in [3.63, 3.8) is 0 Å². The number of aromatic nitrogens is 2. The summed E-state index contributed by atoms with van der Waals surface area (Å²) >= 11 is 3.96. The number of anilines is 2. The summed E-state index contributed by atoms with van der Waals surface area (Å²) in [6, 6.07) is 16.3. The first-order valence-corrected chi connectivity index (χ1v) is 12.4. The first kappa shape index (κ1) is 24.5. The van der Waals surface area contributed by atoms with Crippen molar-refractivity contribution in [2.75, 3.05) is 16.4 Å². The molecule has 2 amide bonds. The van der Waals surface area contributed by atoms with E-state index in [1.807, 2.05) is 43.3 Å². The maximum atomic E-state index is 13.2. The molecule has 0 radical (unpaired) electrons.